The summed E-state index contributed by atoms with van der Waals surface area (Å²) in [5, 5.41) is 3.26. The Balaban J connectivity index is 2.18. The SMILES string of the molecule is COCCCS(=O)(=O)NCC1CCNCC1. The predicted molar refractivity (Wildman–Crippen MR) is 63.9 cm³/mol. The van der Waals surface area contributed by atoms with Crippen LogP contribution >= 0.6 is 0 Å². The highest BCUT2D eigenvalue weighted by molar-refractivity contribution is 7.89. The molecule has 0 unspecified atom stereocenters. The summed E-state index contributed by atoms with van der Waals surface area (Å²) in [5.74, 6) is 0.643. The minimum absolute atomic E-state index is 0.159. The van der Waals surface area contributed by atoms with Crippen molar-refractivity contribution in [1.29, 1.82) is 0 Å². The van der Waals surface area contributed by atoms with Crippen molar-refractivity contribution in [2.75, 3.05) is 39.1 Å². The fraction of sp³-hybridized carbons (Fsp3) is 1.00. The molecule has 1 fully saturated rings. The Morgan fingerprint density at radius 1 is 1.38 bits per heavy atom. The van der Waals surface area contributed by atoms with Crippen LogP contribution in [0.5, 0.6) is 0 Å². The monoisotopic (exact) mass is 250 g/mol. The standard InChI is InChI=1S/C10H22N2O3S/c1-15-7-2-8-16(13,14)12-9-10-3-5-11-6-4-10/h10-12H,2-9H2,1H3. The average Bonchev–Trinajstić information content (AvgIpc) is 2.28. The van der Waals surface area contributed by atoms with Gasteiger partial charge in [-0.15, -0.1) is 0 Å². The van der Waals surface area contributed by atoms with E-state index in [1.54, 1.807) is 7.11 Å². The van der Waals surface area contributed by atoms with Crippen molar-refractivity contribution in [3.63, 3.8) is 0 Å². The van der Waals surface area contributed by atoms with Crippen LogP contribution in [-0.4, -0.2) is 47.5 Å². The lowest BCUT2D eigenvalue weighted by atomic mass is 9.99. The Kier molecular flexibility index (Phi) is 6.26. The van der Waals surface area contributed by atoms with Crippen LogP contribution in [0.4, 0.5) is 0 Å². The third kappa shape index (κ3) is 5.79. The lowest BCUT2D eigenvalue weighted by Crippen LogP contribution is -2.36. The lowest BCUT2D eigenvalue weighted by Gasteiger charge is -2.22. The molecule has 0 aromatic heterocycles. The van der Waals surface area contributed by atoms with Gasteiger partial charge in [0, 0.05) is 20.3 Å². The first-order valence-electron chi connectivity index (χ1n) is 5.81. The van der Waals surface area contributed by atoms with Crippen molar-refractivity contribution in [2.45, 2.75) is 19.3 Å². The molecule has 0 amide bonds. The number of sulfonamides is 1. The van der Waals surface area contributed by atoms with Crippen molar-refractivity contribution < 1.29 is 13.2 Å². The highest BCUT2D eigenvalue weighted by Crippen LogP contribution is 2.10. The molecule has 0 aromatic rings. The molecular weight excluding hydrogens is 228 g/mol. The predicted octanol–water partition coefficient (Wildman–Crippen LogP) is -0.0581. The Labute approximate surface area is 98.0 Å². The fourth-order valence-electron chi connectivity index (χ4n) is 1.80. The van der Waals surface area contributed by atoms with E-state index in [0.717, 1.165) is 25.9 Å². The van der Waals surface area contributed by atoms with Crippen LogP contribution in [0.15, 0.2) is 0 Å². The molecule has 1 aliphatic heterocycles. The first kappa shape index (κ1) is 13.9. The van der Waals surface area contributed by atoms with Crippen LogP contribution in [0.25, 0.3) is 0 Å². The van der Waals surface area contributed by atoms with Gasteiger partial charge >= 0.3 is 0 Å². The Bertz CT molecular complexity index is 274. The van der Waals surface area contributed by atoms with Gasteiger partial charge in [-0.1, -0.05) is 0 Å². The van der Waals surface area contributed by atoms with Gasteiger partial charge in [0.15, 0.2) is 0 Å². The minimum atomic E-state index is -3.10. The number of hydrogen-bond acceptors (Lipinski definition) is 4. The van der Waals surface area contributed by atoms with Crippen molar-refractivity contribution in [1.82, 2.24) is 10.0 Å². The second-order valence-corrected chi connectivity index (χ2v) is 6.13. The summed E-state index contributed by atoms with van der Waals surface area (Å²) < 4.78 is 30.6. The topological polar surface area (TPSA) is 67.4 Å². The Morgan fingerprint density at radius 2 is 2.06 bits per heavy atom. The smallest absolute Gasteiger partial charge is 0.211 e. The van der Waals surface area contributed by atoms with Gasteiger partial charge in [-0.2, -0.15) is 0 Å². The third-order valence-corrected chi connectivity index (χ3v) is 4.24. The molecule has 1 heterocycles. The maximum atomic E-state index is 11.6. The van der Waals surface area contributed by atoms with Gasteiger partial charge in [-0.3, -0.25) is 0 Å². The quantitative estimate of drug-likeness (QED) is 0.621. The average molecular weight is 250 g/mol. The van der Waals surface area contributed by atoms with Gasteiger partial charge in [0.1, 0.15) is 0 Å². The lowest BCUT2D eigenvalue weighted by molar-refractivity contribution is 0.199. The maximum Gasteiger partial charge on any atom is 0.211 e. The van der Waals surface area contributed by atoms with E-state index in [4.69, 9.17) is 4.74 Å². The third-order valence-electron chi connectivity index (χ3n) is 2.81. The zero-order valence-corrected chi connectivity index (χ0v) is 10.7. The normalized spacial score (nSPS) is 18.8. The number of piperidine rings is 1. The van der Waals surface area contributed by atoms with Crippen LogP contribution in [0.2, 0.25) is 0 Å². The van der Waals surface area contributed by atoms with Crippen LogP contribution < -0.4 is 10.0 Å². The zero-order chi connectivity index (χ0) is 11.9. The maximum absolute atomic E-state index is 11.6. The molecule has 2 N–H and O–H groups in total. The first-order chi connectivity index (χ1) is 7.64. The highest BCUT2D eigenvalue weighted by atomic mass is 32.2. The van der Waals surface area contributed by atoms with Crippen molar-refractivity contribution >= 4 is 10.0 Å². The van der Waals surface area contributed by atoms with Crippen LogP contribution in [0, 0.1) is 5.92 Å². The second-order valence-electron chi connectivity index (χ2n) is 4.21. The number of rotatable bonds is 7. The summed E-state index contributed by atoms with van der Waals surface area (Å²) in [5.41, 5.74) is 0. The number of ether oxygens (including phenoxy) is 1. The number of methoxy groups -OCH3 is 1. The van der Waals surface area contributed by atoms with Gasteiger partial charge in [-0.05, 0) is 38.3 Å². The molecule has 0 saturated carbocycles. The zero-order valence-electron chi connectivity index (χ0n) is 9.87. The Hall–Kier alpha value is -0.170. The molecule has 0 bridgehead atoms. The van der Waals surface area contributed by atoms with Gasteiger partial charge in [0.2, 0.25) is 10.0 Å². The van der Waals surface area contributed by atoms with E-state index >= 15 is 0 Å². The van der Waals surface area contributed by atoms with Gasteiger partial charge in [0.25, 0.3) is 0 Å². The largest absolute Gasteiger partial charge is 0.385 e. The summed E-state index contributed by atoms with van der Waals surface area (Å²) in [6.45, 7) is 3.07. The molecule has 1 saturated heterocycles. The summed E-state index contributed by atoms with van der Waals surface area (Å²) in [4.78, 5) is 0. The summed E-state index contributed by atoms with van der Waals surface area (Å²) in [7, 11) is -1.53. The molecule has 0 aliphatic carbocycles. The minimum Gasteiger partial charge on any atom is -0.385 e. The van der Waals surface area contributed by atoms with E-state index in [9.17, 15) is 8.42 Å². The second kappa shape index (κ2) is 7.21. The molecule has 0 atom stereocenters. The molecule has 1 aliphatic rings. The van der Waals surface area contributed by atoms with Crippen molar-refractivity contribution in [3.8, 4) is 0 Å². The van der Waals surface area contributed by atoms with Gasteiger partial charge in [0.05, 0.1) is 5.75 Å². The fourth-order valence-corrected chi connectivity index (χ4v) is 2.93. The summed E-state index contributed by atoms with van der Waals surface area (Å²) in [6.07, 6.45) is 2.67. The van der Waals surface area contributed by atoms with Crippen molar-refractivity contribution in [3.05, 3.63) is 0 Å². The van der Waals surface area contributed by atoms with E-state index in [1.165, 1.54) is 0 Å². The highest BCUT2D eigenvalue weighted by Gasteiger charge is 2.16. The molecular formula is C10H22N2O3S. The molecule has 0 spiro atoms. The number of hydrogen-bond donors (Lipinski definition) is 2. The first-order valence-corrected chi connectivity index (χ1v) is 7.46. The van der Waals surface area contributed by atoms with E-state index < -0.39 is 10.0 Å². The summed E-state index contributed by atoms with van der Waals surface area (Å²) >= 11 is 0. The van der Waals surface area contributed by atoms with E-state index in [-0.39, 0.29) is 5.75 Å². The molecule has 5 nitrogen and oxygen atoms in total. The molecule has 96 valence electrons. The molecule has 6 heteroatoms. The van der Waals surface area contributed by atoms with Crippen molar-refractivity contribution in [2.24, 2.45) is 5.92 Å². The molecule has 1 rings (SSSR count). The molecule has 0 radical (unpaired) electrons. The van der Waals surface area contributed by atoms with E-state index in [0.29, 0.717) is 25.5 Å². The van der Waals surface area contributed by atoms with Crippen LogP contribution in [0.1, 0.15) is 19.3 Å². The van der Waals surface area contributed by atoms with E-state index in [2.05, 4.69) is 10.0 Å². The molecule has 16 heavy (non-hydrogen) atoms. The molecule has 0 aromatic carbocycles. The van der Waals surface area contributed by atoms with Crippen LogP contribution in [0.3, 0.4) is 0 Å². The van der Waals surface area contributed by atoms with E-state index in [1.807, 2.05) is 0 Å². The van der Waals surface area contributed by atoms with Crippen LogP contribution in [-0.2, 0) is 14.8 Å². The van der Waals surface area contributed by atoms with Gasteiger partial charge < -0.3 is 10.1 Å². The summed E-state index contributed by atoms with van der Waals surface area (Å²) in [6, 6.07) is 0. The number of nitrogens with one attached hydrogen (secondary N) is 2. The Morgan fingerprint density at radius 3 is 2.69 bits per heavy atom. The van der Waals surface area contributed by atoms with Gasteiger partial charge in [-0.25, -0.2) is 13.1 Å².